The first kappa shape index (κ1) is 18.5. The SMILES string of the molecule is COCCNC(=O)[C@@H]1CC[C@H](C)N(C(=O)c2cccc(C)c2C)C1. The highest BCUT2D eigenvalue weighted by Gasteiger charge is 2.33. The summed E-state index contributed by atoms with van der Waals surface area (Å²) in [6.07, 6.45) is 1.66. The lowest BCUT2D eigenvalue weighted by molar-refractivity contribution is -0.126. The fraction of sp³-hybridized carbons (Fsp3) is 0.579. The number of carbonyl (C=O) groups is 2. The third kappa shape index (κ3) is 4.15. The molecule has 1 aliphatic rings. The van der Waals surface area contributed by atoms with Crippen molar-refractivity contribution < 1.29 is 14.3 Å². The number of likely N-dealkylation sites (tertiary alicyclic amines) is 1. The molecule has 5 heteroatoms. The second-order valence-corrected chi connectivity index (χ2v) is 6.61. The van der Waals surface area contributed by atoms with Crippen molar-refractivity contribution in [1.29, 1.82) is 0 Å². The molecular weight excluding hydrogens is 304 g/mol. The van der Waals surface area contributed by atoms with E-state index >= 15 is 0 Å². The number of aryl methyl sites for hydroxylation is 1. The third-order valence-electron chi connectivity index (χ3n) is 4.95. The van der Waals surface area contributed by atoms with E-state index in [0.29, 0.717) is 19.7 Å². The summed E-state index contributed by atoms with van der Waals surface area (Å²) in [5.41, 5.74) is 2.86. The maximum Gasteiger partial charge on any atom is 0.254 e. The van der Waals surface area contributed by atoms with Gasteiger partial charge in [-0.1, -0.05) is 12.1 Å². The lowest BCUT2D eigenvalue weighted by atomic mass is 9.91. The predicted molar refractivity (Wildman–Crippen MR) is 94.0 cm³/mol. The molecule has 0 aliphatic carbocycles. The van der Waals surface area contributed by atoms with Crippen LogP contribution in [0.2, 0.25) is 0 Å². The molecule has 1 fully saturated rings. The van der Waals surface area contributed by atoms with Crippen LogP contribution in [0.5, 0.6) is 0 Å². The summed E-state index contributed by atoms with van der Waals surface area (Å²) in [6.45, 7) is 7.53. The van der Waals surface area contributed by atoms with Gasteiger partial charge in [0.1, 0.15) is 0 Å². The van der Waals surface area contributed by atoms with Gasteiger partial charge in [0.2, 0.25) is 5.91 Å². The van der Waals surface area contributed by atoms with Gasteiger partial charge in [0.25, 0.3) is 5.91 Å². The molecule has 132 valence electrons. The molecule has 1 aliphatic heterocycles. The average molecular weight is 332 g/mol. The smallest absolute Gasteiger partial charge is 0.254 e. The minimum atomic E-state index is -0.146. The Labute approximate surface area is 144 Å². The van der Waals surface area contributed by atoms with Gasteiger partial charge in [0, 0.05) is 31.8 Å². The summed E-state index contributed by atoms with van der Waals surface area (Å²) in [4.78, 5) is 27.1. The van der Waals surface area contributed by atoms with E-state index in [4.69, 9.17) is 4.74 Å². The molecule has 0 saturated carbocycles. The van der Waals surface area contributed by atoms with E-state index in [9.17, 15) is 9.59 Å². The maximum atomic E-state index is 13.0. The van der Waals surface area contributed by atoms with Crippen LogP contribution in [0, 0.1) is 19.8 Å². The van der Waals surface area contributed by atoms with Crippen LogP contribution in [0.4, 0.5) is 0 Å². The maximum absolute atomic E-state index is 13.0. The van der Waals surface area contributed by atoms with Gasteiger partial charge >= 0.3 is 0 Å². The van der Waals surface area contributed by atoms with Crippen LogP contribution in [0.3, 0.4) is 0 Å². The zero-order valence-electron chi connectivity index (χ0n) is 15.1. The highest BCUT2D eigenvalue weighted by atomic mass is 16.5. The molecule has 1 aromatic carbocycles. The molecule has 24 heavy (non-hydrogen) atoms. The molecule has 1 aromatic rings. The number of carbonyl (C=O) groups excluding carboxylic acids is 2. The Hall–Kier alpha value is -1.88. The Morgan fingerprint density at radius 2 is 2.04 bits per heavy atom. The zero-order valence-corrected chi connectivity index (χ0v) is 15.1. The number of amides is 2. The summed E-state index contributed by atoms with van der Waals surface area (Å²) in [5.74, 6) is -0.108. The van der Waals surface area contributed by atoms with Crippen molar-refractivity contribution in [3.63, 3.8) is 0 Å². The van der Waals surface area contributed by atoms with Crippen molar-refractivity contribution in [2.24, 2.45) is 5.92 Å². The van der Waals surface area contributed by atoms with Gasteiger partial charge in [-0.15, -0.1) is 0 Å². The molecule has 0 spiro atoms. The van der Waals surface area contributed by atoms with Gasteiger partial charge in [0.15, 0.2) is 0 Å². The minimum Gasteiger partial charge on any atom is -0.383 e. The summed E-state index contributed by atoms with van der Waals surface area (Å²) in [6, 6.07) is 5.96. The Morgan fingerprint density at radius 3 is 2.75 bits per heavy atom. The van der Waals surface area contributed by atoms with E-state index in [-0.39, 0.29) is 23.8 Å². The number of methoxy groups -OCH3 is 1. The average Bonchev–Trinajstić information content (AvgIpc) is 2.57. The number of benzene rings is 1. The Kier molecular flexibility index (Phi) is 6.37. The second-order valence-electron chi connectivity index (χ2n) is 6.61. The number of hydrogen-bond acceptors (Lipinski definition) is 3. The van der Waals surface area contributed by atoms with Crippen LogP contribution in [0.25, 0.3) is 0 Å². The Bertz CT molecular complexity index is 600. The Morgan fingerprint density at radius 1 is 1.29 bits per heavy atom. The predicted octanol–water partition coefficient (Wildman–Crippen LogP) is 2.31. The van der Waals surface area contributed by atoms with Crippen LogP contribution in [0.1, 0.15) is 41.3 Å². The van der Waals surface area contributed by atoms with Gasteiger partial charge < -0.3 is 15.0 Å². The van der Waals surface area contributed by atoms with E-state index in [2.05, 4.69) is 12.2 Å². The molecule has 0 radical (unpaired) electrons. The van der Waals surface area contributed by atoms with Gasteiger partial charge in [-0.3, -0.25) is 9.59 Å². The van der Waals surface area contributed by atoms with Crippen molar-refractivity contribution in [3.05, 3.63) is 34.9 Å². The van der Waals surface area contributed by atoms with E-state index in [0.717, 1.165) is 29.5 Å². The molecular formula is C19H28N2O3. The summed E-state index contributed by atoms with van der Waals surface area (Å²) >= 11 is 0. The molecule has 0 unspecified atom stereocenters. The molecule has 0 bridgehead atoms. The summed E-state index contributed by atoms with van der Waals surface area (Å²) in [5, 5.41) is 2.89. The zero-order chi connectivity index (χ0) is 17.7. The van der Waals surface area contributed by atoms with Crippen molar-refractivity contribution in [2.75, 3.05) is 26.8 Å². The quantitative estimate of drug-likeness (QED) is 0.842. The van der Waals surface area contributed by atoms with Crippen molar-refractivity contribution in [1.82, 2.24) is 10.2 Å². The molecule has 1 saturated heterocycles. The van der Waals surface area contributed by atoms with Crippen LogP contribution < -0.4 is 5.32 Å². The monoisotopic (exact) mass is 332 g/mol. The lowest BCUT2D eigenvalue weighted by Crippen LogP contribution is -2.49. The molecule has 1 heterocycles. The summed E-state index contributed by atoms with van der Waals surface area (Å²) in [7, 11) is 1.61. The van der Waals surface area contributed by atoms with Gasteiger partial charge in [-0.2, -0.15) is 0 Å². The minimum absolute atomic E-state index is 0.0118. The fourth-order valence-corrected chi connectivity index (χ4v) is 3.16. The molecule has 2 atom stereocenters. The fourth-order valence-electron chi connectivity index (χ4n) is 3.16. The number of hydrogen-bond donors (Lipinski definition) is 1. The van der Waals surface area contributed by atoms with Crippen molar-refractivity contribution in [2.45, 2.75) is 39.7 Å². The number of nitrogens with one attached hydrogen (secondary N) is 1. The van der Waals surface area contributed by atoms with Crippen LogP contribution in [0.15, 0.2) is 18.2 Å². The van der Waals surface area contributed by atoms with E-state index in [1.165, 1.54) is 0 Å². The first-order valence-corrected chi connectivity index (χ1v) is 8.59. The van der Waals surface area contributed by atoms with Gasteiger partial charge in [-0.05, 0) is 50.8 Å². The summed E-state index contributed by atoms with van der Waals surface area (Å²) < 4.78 is 4.96. The first-order valence-electron chi connectivity index (χ1n) is 8.59. The molecule has 1 N–H and O–H groups in total. The standard InChI is InChI=1S/C19H28N2O3/c1-13-6-5-7-17(15(13)3)19(23)21-12-16(9-8-14(21)2)18(22)20-10-11-24-4/h5-7,14,16H,8-12H2,1-4H3,(H,20,22)/t14-,16+/m0/s1. The second kappa shape index (κ2) is 8.29. The van der Waals surface area contributed by atoms with Gasteiger partial charge in [-0.25, -0.2) is 0 Å². The van der Waals surface area contributed by atoms with E-state index in [1.54, 1.807) is 7.11 Å². The molecule has 5 nitrogen and oxygen atoms in total. The topological polar surface area (TPSA) is 58.6 Å². The molecule has 0 aromatic heterocycles. The van der Waals surface area contributed by atoms with E-state index < -0.39 is 0 Å². The number of piperidine rings is 1. The largest absolute Gasteiger partial charge is 0.383 e. The van der Waals surface area contributed by atoms with E-state index in [1.807, 2.05) is 36.9 Å². The lowest BCUT2D eigenvalue weighted by Gasteiger charge is -2.37. The van der Waals surface area contributed by atoms with Crippen LogP contribution in [-0.4, -0.2) is 49.6 Å². The normalized spacial score (nSPS) is 20.8. The van der Waals surface area contributed by atoms with Crippen LogP contribution >= 0.6 is 0 Å². The molecule has 2 amide bonds. The Balaban J connectivity index is 2.09. The van der Waals surface area contributed by atoms with Gasteiger partial charge in [0.05, 0.1) is 12.5 Å². The number of nitrogens with zero attached hydrogens (tertiary/aromatic N) is 1. The highest BCUT2D eigenvalue weighted by Crippen LogP contribution is 2.25. The third-order valence-corrected chi connectivity index (χ3v) is 4.95. The molecule has 2 rings (SSSR count). The number of ether oxygens (including phenoxy) is 1. The highest BCUT2D eigenvalue weighted by molar-refractivity contribution is 5.96. The van der Waals surface area contributed by atoms with Crippen molar-refractivity contribution >= 4 is 11.8 Å². The number of rotatable bonds is 5. The first-order chi connectivity index (χ1) is 11.5. The van der Waals surface area contributed by atoms with Crippen molar-refractivity contribution in [3.8, 4) is 0 Å². The van der Waals surface area contributed by atoms with Crippen LogP contribution in [-0.2, 0) is 9.53 Å².